The van der Waals surface area contributed by atoms with Crippen molar-refractivity contribution in [3.63, 3.8) is 0 Å². The second-order valence-electron chi connectivity index (χ2n) is 2.72. The first kappa shape index (κ1) is 11.4. The Morgan fingerprint density at radius 3 is 2.73 bits per heavy atom. The van der Waals surface area contributed by atoms with Crippen molar-refractivity contribution < 1.29 is 8.63 Å². The van der Waals surface area contributed by atoms with E-state index in [1.807, 2.05) is 0 Å². The summed E-state index contributed by atoms with van der Waals surface area (Å²) in [6, 6.07) is 8.25. The monoisotopic (exact) mass is 222 g/mol. The summed E-state index contributed by atoms with van der Waals surface area (Å²) in [5.41, 5.74) is 0.368. The van der Waals surface area contributed by atoms with Gasteiger partial charge in [0.2, 0.25) is 0 Å². The zero-order valence-corrected chi connectivity index (χ0v) is 7.91. The molecule has 0 saturated heterocycles. The molecule has 3 nitrogen and oxygen atoms in total. The number of benzene rings is 1. The Morgan fingerprint density at radius 2 is 2.00 bits per heavy atom. The third-order valence-electron chi connectivity index (χ3n) is 1.82. The zero-order valence-electron chi connectivity index (χ0n) is 7.10. The SMILES string of the molecule is C.O=S=Cc1cc(=O)c2ccccc2o1. The molecule has 0 radical (unpaired) electrons. The highest BCUT2D eigenvalue weighted by Crippen LogP contribution is 2.09. The van der Waals surface area contributed by atoms with Crippen LogP contribution >= 0.6 is 0 Å². The minimum Gasteiger partial charge on any atom is -0.455 e. The highest BCUT2D eigenvalue weighted by atomic mass is 32.1. The molecule has 2 rings (SSSR count). The molecule has 0 aliphatic heterocycles. The van der Waals surface area contributed by atoms with E-state index < -0.39 is 0 Å². The van der Waals surface area contributed by atoms with Gasteiger partial charge in [0, 0.05) is 6.07 Å². The summed E-state index contributed by atoms with van der Waals surface area (Å²) in [6.07, 6.45) is 0. The van der Waals surface area contributed by atoms with Crippen LogP contribution in [-0.2, 0) is 11.3 Å². The van der Waals surface area contributed by atoms with E-state index in [4.69, 9.17) is 4.42 Å². The van der Waals surface area contributed by atoms with Crippen LogP contribution in [-0.4, -0.2) is 9.58 Å². The smallest absolute Gasteiger partial charge is 0.193 e. The number of hydrogen-bond donors (Lipinski definition) is 0. The highest BCUT2D eigenvalue weighted by Gasteiger charge is 2.01. The van der Waals surface area contributed by atoms with E-state index in [1.165, 1.54) is 11.4 Å². The first-order valence-electron chi connectivity index (χ1n) is 3.96. The highest BCUT2D eigenvalue weighted by molar-refractivity contribution is 7.65. The molecule has 15 heavy (non-hydrogen) atoms. The number of hydrogen-bond acceptors (Lipinski definition) is 3. The third-order valence-corrected chi connectivity index (χ3v) is 2.15. The molecule has 78 valence electrons. The Kier molecular flexibility index (Phi) is 3.57. The van der Waals surface area contributed by atoms with Crippen LogP contribution in [0.3, 0.4) is 0 Å². The Balaban J connectivity index is 0.00000112. The predicted octanol–water partition coefficient (Wildman–Crippen LogP) is 1.79. The van der Waals surface area contributed by atoms with Gasteiger partial charge in [-0.15, -0.1) is 0 Å². The molecule has 1 aromatic carbocycles. The van der Waals surface area contributed by atoms with Crippen LogP contribution in [0.4, 0.5) is 0 Å². The molecule has 1 heterocycles. The van der Waals surface area contributed by atoms with E-state index in [0.717, 1.165) is 0 Å². The lowest BCUT2D eigenvalue weighted by atomic mass is 10.2. The van der Waals surface area contributed by atoms with Crippen molar-refractivity contribution >= 4 is 27.6 Å². The second-order valence-corrected chi connectivity index (χ2v) is 3.15. The fraction of sp³-hybridized carbons (Fsp3) is 0.0909. The van der Waals surface area contributed by atoms with Crippen LogP contribution in [0.2, 0.25) is 0 Å². The second kappa shape index (κ2) is 4.70. The van der Waals surface area contributed by atoms with Gasteiger partial charge in [0.05, 0.1) is 22.0 Å². The number of rotatable bonds is 1. The van der Waals surface area contributed by atoms with Gasteiger partial charge in [0.25, 0.3) is 0 Å². The molecular weight excluding hydrogens is 212 g/mol. The van der Waals surface area contributed by atoms with Crippen LogP contribution in [0.5, 0.6) is 0 Å². The molecule has 0 spiro atoms. The van der Waals surface area contributed by atoms with Gasteiger partial charge in [0.15, 0.2) is 5.43 Å². The molecule has 0 aliphatic rings. The first-order valence-corrected chi connectivity index (χ1v) is 4.76. The van der Waals surface area contributed by atoms with Crippen molar-refractivity contribution in [3.8, 4) is 0 Å². The van der Waals surface area contributed by atoms with Crippen LogP contribution in [0, 0.1) is 0 Å². The normalized spacial score (nSPS) is 9.33. The quantitative estimate of drug-likeness (QED) is 0.691. The molecule has 2 aromatic rings. The van der Waals surface area contributed by atoms with Gasteiger partial charge in [-0.1, -0.05) is 19.6 Å². The molecule has 4 heteroatoms. The molecular formula is C11H10O3S. The van der Waals surface area contributed by atoms with E-state index in [0.29, 0.717) is 16.7 Å². The minimum atomic E-state index is -0.132. The van der Waals surface area contributed by atoms with E-state index in [9.17, 15) is 9.00 Å². The van der Waals surface area contributed by atoms with Gasteiger partial charge >= 0.3 is 0 Å². The molecule has 0 aliphatic carbocycles. The van der Waals surface area contributed by atoms with E-state index in [-0.39, 0.29) is 24.1 Å². The summed E-state index contributed by atoms with van der Waals surface area (Å²) in [4.78, 5) is 11.5. The standard InChI is InChI=1S/C10H6O3S.CH4/c11-9-5-7(6-14-12)13-10-4-2-1-3-8(9)10;/h1-6H;1H4. The molecule has 0 atom stereocenters. The zero-order chi connectivity index (χ0) is 9.97. The van der Waals surface area contributed by atoms with Gasteiger partial charge in [-0.2, -0.15) is 0 Å². The van der Waals surface area contributed by atoms with Crippen molar-refractivity contribution in [2.24, 2.45) is 0 Å². The van der Waals surface area contributed by atoms with E-state index >= 15 is 0 Å². The molecule has 0 unspecified atom stereocenters. The van der Waals surface area contributed by atoms with Gasteiger partial charge in [-0.3, -0.25) is 4.79 Å². The lowest BCUT2D eigenvalue weighted by Gasteiger charge is -1.96. The Hall–Kier alpha value is -1.68. The maximum absolute atomic E-state index is 11.5. The lowest BCUT2D eigenvalue weighted by molar-refractivity contribution is 0.596. The van der Waals surface area contributed by atoms with Crippen molar-refractivity contribution in [2.45, 2.75) is 7.43 Å². The van der Waals surface area contributed by atoms with Gasteiger partial charge < -0.3 is 4.42 Å². The molecule has 0 amide bonds. The summed E-state index contributed by atoms with van der Waals surface area (Å²) in [7, 11) is 0. The summed E-state index contributed by atoms with van der Waals surface area (Å²) in [6.45, 7) is 0. The maximum Gasteiger partial charge on any atom is 0.193 e. The van der Waals surface area contributed by atoms with Crippen molar-refractivity contribution in [2.75, 3.05) is 0 Å². The average molecular weight is 222 g/mol. The maximum atomic E-state index is 11.5. The Labute approximate surface area is 90.4 Å². The summed E-state index contributed by atoms with van der Waals surface area (Å²) in [5, 5.41) is 1.79. The number of fused-ring (bicyclic) bond motifs is 1. The molecule has 0 bridgehead atoms. The lowest BCUT2D eigenvalue weighted by Crippen LogP contribution is -2.01. The topological polar surface area (TPSA) is 47.3 Å². The van der Waals surface area contributed by atoms with Gasteiger partial charge in [-0.05, 0) is 12.1 Å². The predicted molar refractivity (Wildman–Crippen MR) is 62.5 cm³/mol. The summed E-state index contributed by atoms with van der Waals surface area (Å²) >= 11 is 0.264. The van der Waals surface area contributed by atoms with Crippen LogP contribution in [0.15, 0.2) is 39.5 Å². The van der Waals surface area contributed by atoms with Crippen LogP contribution in [0.1, 0.15) is 13.2 Å². The Morgan fingerprint density at radius 1 is 1.27 bits per heavy atom. The van der Waals surface area contributed by atoms with Gasteiger partial charge in [0.1, 0.15) is 11.3 Å². The summed E-state index contributed by atoms with van der Waals surface area (Å²) < 4.78 is 15.6. The van der Waals surface area contributed by atoms with E-state index in [2.05, 4.69) is 0 Å². The van der Waals surface area contributed by atoms with Crippen molar-refractivity contribution in [1.82, 2.24) is 0 Å². The van der Waals surface area contributed by atoms with Crippen molar-refractivity contribution in [3.05, 3.63) is 46.3 Å². The average Bonchev–Trinajstić information content (AvgIpc) is 2.18. The van der Waals surface area contributed by atoms with Crippen LogP contribution < -0.4 is 5.43 Å². The number of para-hydroxylation sites is 1. The molecule has 1 aromatic heterocycles. The van der Waals surface area contributed by atoms with Crippen LogP contribution in [0.25, 0.3) is 11.0 Å². The third kappa shape index (κ3) is 2.22. The first-order chi connectivity index (χ1) is 6.81. The summed E-state index contributed by atoms with van der Waals surface area (Å²) in [5.74, 6) is 0.300. The van der Waals surface area contributed by atoms with Crippen molar-refractivity contribution in [1.29, 1.82) is 0 Å². The largest absolute Gasteiger partial charge is 0.455 e. The van der Waals surface area contributed by atoms with Gasteiger partial charge in [-0.25, -0.2) is 4.21 Å². The van der Waals surface area contributed by atoms with E-state index in [1.54, 1.807) is 24.3 Å². The molecule has 0 saturated carbocycles. The molecule has 0 fully saturated rings. The fourth-order valence-electron chi connectivity index (χ4n) is 1.23. The Bertz CT molecular complexity index is 580. The minimum absolute atomic E-state index is 0. The molecule has 0 N–H and O–H groups in total. The fourth-order valence-corrected chi connectivity index (χ4v) is 1.44.